The first-order valence-corrected chi connectivity index (χ1v) is 10.9. The van der Waals surface area contributed by atoms with Crippen molar-refractivity contribution >= 4 is 23.0 Å². The lowest BCUT2D eigenvalue weighted by Gasteiger charge is -2.22. The van der Waals surface area contributed by atoms with Gasteiger partial charge in [-0.15, -0.1) is 0 Å². The van der Waals surface area contributed by atoms with E-state index in [-0.39, 0.29) is 34.4 Å². The molecular weight excluding hydrogens is 432 g/mol. The van der Waals surface area contributed by atoms with Gasteiger partial charge in [0.25, 0.3) is 16.8 Å². The number of amides is 1. The summed E-state index contributed by atoms with van der Waals surface area (Å²) in [5.41, 5.74) is 1.15. The minimum atomic E-state index is -0.692. The van der Waals surface area contributed by atoms with Gasteiger partial charge in [0.1, 0.15) is 11.4 Å². The van der Waals surface area contributed by atoms with Gasteiger partial charge in [-0.05, 0) is 29.7 Å². The van der Waals surface area contributed by atoms with Crippen LogP contribution in [0, 0.1) is 0 Å². The van der Waals surface area contributed by atoms with Crippen LogP contribution in [0.3, 0.4) is 0 Å². The van der Waals surface area contributed by atoms with E-state index >= 15 is 0 Å². The predicted octanol–water partition coefficient (Wildman–Crippen LogP) is 3.72. The summed E-state index contributed by atoms with van der Waals surface area (Å²) in [5.74, 6) is -0.840. The fourth-order valence-electron chi connectivity index (χ4n) is 3.87. The molecule has 0 bridgehead atoms. The SMILES string of the molecule is CC[C@@H](Nc1c(Nc2ccc(-c3cccnc3)c(C(=O)NC)c2O)c(=O)c1=O)c1ccccc1. The van der Waals surface area contributed by atoms with Crippen molar-refractivity contribution in [2.75, 3.05) is 17.7 Å². The van der Waals surface area contributed by atoms with Crippen LogP contribution in [-0.2, 0) is 0 Å². The van der Waals surface area contributed by atoms with Crippen molar-refractivity contribution in [3.05, 3.63) is 98.6 Å². The van der Waals surface area contributed by atoms with Crippen molar-refractivity contribution < 1.29 is 9.90 Å². The lowest BCUT2D eigenvalue weighted by Crippen LogP contribution is -2.37. The number of anilines is 3. The smallest absolute Gasteiger partial charge is 0.255 e. The summed E-state index contributed by atoms with van der Waals surface area (Å²) in [6.07, 6.45) is 3.88. The number of aromatic hydroxyl groups is 1. The van der Waals surface area contributed by atoms with Crippen LogP contribution >= 0.6 is 0 Å². The molecule has 0 aliphatic rings. The van der Waals surface area contributed by atoms with E-state index in [2.05, 4.69) is 20.9 Å². The molecule has 8 heteroatoms. The minimum absolute atomic E-state index is 0.0319. The maximum absolute atomic E-state index is 12.6. The molecule has 0 saturated heterocycles. The molecule has 0 aliphatic heterocycles. The Bertz CT molecular complexity index is 1390. The Kier molecular flexibility index (Phi) is 6.40. The molecule has 1 heterocycles. The van der Waals surface area contributed by atoms with E-state index in [9.17, 15) is 19.5 Å². The van der Waals surface area contributed by atoms with Crippen molar-refractivity contribution in [3.63, 3.8) is 0 Å². The molecule has 0 unspecified atom stereocenters. The number of benzene rings is 2. The molecule has 34 heavy (non-hydrogen) atoms. The fourth-order valence-corrected chi connectivity index (χ4v) is 3.87. The normalized spacial score (nSPS) is 11.7. The molecule has 0 radical (unpaired) electrons. The monoisotopic (exact) mass is 456 g/mol. The zero-order valence-corrected chi connectivity index (χ0v) is 18.8. The molecule has 8 nitrogen and oxygen atoms in total. The van der Waals surface area contributed by atoms with Gasteiger partial charge in [0, 0.05) is 25.0 Å². The summed E-state index contributed by atoms with van der Waals surface area (Å²) in [7, 11) is 1.46. The molecule has 172 valence electrons. The van der Waals surface area contributed by atoms with Gasteiger partial charge in [0.05, 0.1) is 17.3 Å². The van der Waals surface area contributed by atoms with Gasteiger partial charge < -0.3 is 21.1 Å². The van der Waals surface area contributed by atoms with Crippen molar-refractivity contribution in [2.45, 2.75) is 19.4 Å². The maximum atomic E-state index is 12.6. The zero-order chi connectivity index (χ0) is 24.2. The van der Waals surface area contributed by atoms with E-state index in [1.165, 1.54) is 7.05 Å². The van der Waals surface area contributed by atoms with Crippen LogP contribution in [0.5, 0.6) is 5.75 Å². The van der Waals surface area contributed by atoms with Crippen LogP contribution in [0.1, 0.15) is 35.3 Å². The predicted molar refractivity (Wildman–Crippen MR) is 132 cm³/mol. The molecule has 4 N–H and O–H groups in total. The number of phenols is 1. The van der Waals surface area contributed by atoms with Crippen LogP contribution in [0.2, 0.25) is 0 Å². The summed E-state index contributed by atoms with van der Waals surface area (Å²) >= 11 is 0. The zero-order valence-electron chi connectivity index (χ0n) is 18.8. The highest BCUT2D eigenvalue weighted by Crippen LogP contribution is 2.38. The van der Waals surface area contributed by atoms with Gasteiger partial charge in [-0.3, -0.25) is 19.4 Å². The lowest BCUT2D eigenvalue weighted by molar-refractivity contribution is 0.0961. The Morgan fingerprint density at radius 1 is 1.00 bits per heavy atom. The number of aromatic nitrogens is 1. The number of hydrogen-bond donors (Lipinski definition) is 4. The first kappa shape index (κ1) is 22.7. The van der Waals surface area contributed by atoms with Gasteiger partial charge in [-0.1, -0.05) is 49.4 Å². The third-order valence-electron chi connectivity index (χ3n) is 5.70. The molecule has 3 aromatic carbocycles. The highest BCUT2D eigenvalue weighted by Gasteiger charge is 2.26. The largest absolute Gasteiger partial charge is 0.505 e. The second-order valence-electron chi connectivity index (χ2n) is 7.75. The van der Waals surface area contributed by atoms with Gasteiger partial charge >= 0.3 is 0 Å². The van der Waals surface area contributed by atoms with E-state index in [1.807, 2.05) is 37.3 Å². The van der Waals surface area contributed by atoms with E-state index in [0.717, 1.165) is 5.56 Å². The average molecular weight is 457 g/mol. The summed E-state index contributed by atoms with van der Waals surface area (Å²) in [5, 5.41) is 19.5. The third kappa shape index (κ3) is 4.13. The van der Waals surface area contributed by atoms with Crippen LogP contribution in [0.4, 0.5) is 17.1 Å². The van der Waals surface area contributed by atoms with Crippen LogP contribution in [-0.4, -0.2) is 23.0 Å². The van der Waals surface area contributed by atoms with E-state index in [0.29, 0.717) is 17.5 Å². The van der Waals surface area contributed by atoms with Gasteiger partial charge in [-0.2, -0.15) is 0 Å². The summed E-state index contributed by atoms with van der Waals surface area (Å²) in [4.78, 5) is 41.4. The molecule has 4 aromatic rings. The van der Waals surface area contributed by atoms with Gasteiger partial charge in [-0.25, -0.2) is 0 Å². The topological polar surface area (TPSA) is 120 Å². The number of pyridine rings is 1. The van der Waals surface area contributed by atoms with Crippen LogP contribution < -0.4 is 26.8 Å². The average Bonchev–Trinajstić information content (AvgIpc) is 2.89. The standard InChI is InChI=1S/C26H24N4O4/c1-3-18(15-8-5-4-6-9-15)29-21-22(25(33)24(21)32)30-19-12-11-17(16-10-7-13-28-14-16)20(23(19)31)26(34)27-2/h4-14,18,29-31H,3H2,1-2H3,(H,27,34)/t18-/m1/s1. The number of carbonyl (C=O) groups is 1. The van der Waals surface area contributed by atoms with E-state index in [1.54, 1.807) is 36.7 Å². The number of nitrogens with zero attached hydrogens (tertiary/aromatic N) is 1. The van der Waals surface area contributed by atoms with Crippen molar-refractivity contribution in [1.82, 2.24) is 10.3 Å². The number of hydrogen-bond acceptors (Lipinski definition) is 7. The Morgan fingerprint density at radius 3 is 2.38 bits per heavy atom. The Balaban J connectivity index is 1.70. The molecule has 0 spiro atoms. The third-order valence-corrected chi connectivity index (χ3v) is 5.70. The second kappa shape index (κ2) is 9.58. The number of rotatable bonds is 8. The molecule has 0 fully saturated rings. The maximum Gasteiger partial charge on any atom is 0.255 e. The molecule has 1 amide bonds. The fraction of sp³-hybridized carbons (Fsp3) is 0.154. The molecule has 0 saturated carbocycles. The van der Waals surface area contributed by atoms with Crippen molar-refractivity contribution in [1.29, 1.82) is 0 Å². The Morgan fingerprint density at radius 2 is 1.74 bits per heavy atom. The Hall–Kier alpha value is -4.46. The van der Waals surface area contributed by atoms with Crippen LogP contribution in [0.15, 0.2) is 76.6 Å². The number of carbonyl (C=O) groups excluding carboxylic acids is 1. The highest BCUT2D eigenvalue weighted by atomic mass is 16.3. The molecule has 4 rings (SSSR count). The number of nitrogens with one attached hydrogen (secondary N) is 3. The van der Waals surface area contributed by atoms with E-state index in [4.69, 9.17) is 0 Å². The quantitative estimate of drug-likeness (QED) is 0.236. The molecule has 0 aliphatic carbocycles. The molecule has 1 atom stereocenters. The van der Waals surface area contributed by atoms with Crippen molar-refractivity contribution in [3.8, 4) is 16.9 Å². The lowest BCUT2D eigenvalue weighted by atomic mass is 9.98. The summed E-state index contributed by atoms with van der Waals surface area (Å²) in [6.45, 7) is 1.97. The molecular formula is C26H24N4O4. The Labute approximate surface area is 196 Å². The number of phenolic OH excluding ortho intramolecular Hbond substituents is 1. The minimum Gasteiger partial charge on any atom is -0.505 e. The van der Waals surface area contributed by atoms with Gasteiger partial charge in [0.15, 0.2) is 5.75 Å². The van der Waals surface area contributed by atoms with Crippen molar-refractivity contribution in [2.24, 2.45) is 0 Å². The first-order valence-electron chi connectivity index (χ1n) is 10.9. The van der Waals surface area contributed by atoms with Gasteiger partial charge in [0.2, 0.25) is 0 Å². The van der Waals surface area contributed by atoms with E-state index < -0.39 is 16.8 Å². The second-order valence-corrected chi connectivity index (χ2v) is 7.75. The first-order chi connectivity index (χ1) is 16.5. The summed E-state index contributed by atoms with van der Waals surface area (Å²) in [6, 6.07) is 16.1. The molecule has 1 aromatic heterocycles. The highest BCUT2D eigenvalue weighted by molar-refractivity contribution is 6.05. The summed E-state index contributed by atoms with van der Waals surface area (Å²) < 4.78 is 0. The van der Waals surface area contributed by atoms with Crippen LogP contribution in [0.25, 0.3) is 11.1 Å².